The summed E-state index contributed by atoms with van der Waals surface area (Å²) in [6, 6.07) is 8.01. The molecule has 30 heavy (non-hydrogen) atoms. The minimum Gasteiger partial charge on any atom is -0.339 e. The molecule has 5 rings (SSSR count). The summed E-state index contributed by atoms with van der Waals surface area (Å²) >= 11 is 3.25. The monoisotopic (exact) mass is 442 g/mol. The molecule has 5 heterocycles. The number of hydrogen-bond donors (Lipinski definition) is 0. The lowest BCUT2D eigenvalue weighted by Crippen LogP contribution is -2.46. The van der Waals surface area contributed by atoms with Crippen molar-refractivity contribution in [1.29, 1.82) is 0 Å². The standard InChI is InChI=1S/C20H22N6O2S2/c1(6-17-21-19(23-27-17)15-4-2-12-29-15)7-25-8-10-26(11-9-25)14-18-22-20(24-28-18)16-5-3-13-30-16/h2-5,12-13H,1,6-11,14H2. The SMILES string of the molecule is c1csc(-c2noc(CCCN3CCN(Cc4nc(-c5cccs5)no4)CC3)n2)c1. The molecule has 156 valence electrons. The summed E-state index contributed by atoms with van der Waals surface area (Å²) in [4.78, 5) is 16.0. The molecule has 0 saturated carbocycles. The molecule has 4 aromatic rings. The molecule has 1 fully saturated rings. The molecule has 8 nitrogen and oxygen atoms in total. The Kier molecular flexibility index (Phi) is 5.98. The summed E-state index contributed by atoms with van der Waals surface area (Å²) in [5.74, 6) is 2.78. The van der Waals surface area contributed by atoms with Crippen LogP contribution in [0.5, 0.6) is 0 Å². The Labute approximate surface area is 182 Å². The minimum absolute atomic E-state index is 0.682. The number of piperazine rings is 1. The maximum absolute atomic E-state index is 5.43. The van der Waals surface area contributed by atoms with Crippen molar-refractivity contribution in [3.05, 3.63) is 46.8 Å². The van der Waals surface area contributed by atoms with Gasteiger partial charge in [-0.05, 0) is 35.9 Å². The number of aromatic nitrogens is 4. The Morgan fingerprint density at radius 3 is 2.03 bits per heavy atom. The number of aryl methyl sites for hydroxylation is 1. The molecule has 1 aliphatic heterocycles. The maximum Gasteiger partial charge on any atom is 0.241 e. The van der Waals surface area contributed by atoms with E-state index < -0.39 is 0 Å². The first kappa shape index (κ1) is 19.6. The zero-order valence-electron chi connectivity index (χ0n) is 16.4. The predicted molar refractivity (Wildman–Crippen MR) is 115 cm³/mol. The molecule has 0 aliphatic carbocycles. The first-order chi connectivity index (χ1) is 14.8. The molecule has 0 aromatic carbocycles. The van der Waals surface area contributed by atoms with Crippen molar-refractivity contribution in [1.82, 2.24) is 30.1 Å². The zero-order chi connectivity index (χ0) is 20.2. The van der Waals surface area contributed by atoms with Gasteiger partial charge in [-0.3, -0.25) is 4.90 Å². The van der Waals surface area contributed by atoms with Gasteiger partial charge in [0.25, 0.3) is 0 Å². The van der Waals surface area contributed by atoms with Crippen molar-refractivity contribution in [2.45, 2.75) is 19.4 Å². The van der Waals surface area contributed by atoms with Crippen molar-refractivity contribution in [3.8, 4) is 21.4 Å². The van der Waals surface area contributed by atoms with Gasteiger partial charge >= 0.3 is 0 Å². The van der Waals surface area contributed by atoms with Crippen molar-refractivity contribution >= 4 is 22.7 Å². The summed E-state index contributed by atoms with van der Waals surface area (Å²) < 4.78 is 10.8. The Bertz CT molecular complexity index is 1040. The van der Waals surface area contributed by atoms with Crippen LogP contribution in [0.3, 0.4) is 0 Å². The van der Waals surface area contributed by atoms with Crippen LogP contribution in [0.4, 0.5) is 0 Å². The van der Waals surface area contributed by atoms with Gasteiger partial charge in [-0.2, -0.15) is 9.97 Å². The van der Waals surface area contributed by atoms with E-state index in [2.05, 4.69) is 30.1 Å². The highest BCUT2D eigenvalue weighted by atomic mass is 32.1. The second kappa shape index (κ2) is 9.17. The van der Waals surface area contributed by atoms with E-state index in [1.54, 1.807) is 22.7 Å². The first-order valence-corrected chi connectivity index (χ1v) is 11.8. The molecule has 0 N–H and O–H groups in total. The van der Waals surface area contributed by atoms with Crippen LogP contribution in [0.1, 0.15) is 18.2 Å². The van der Waals surface area contributed by atoms with Crippen LogP contribution in [0, 0.1) is 0 Å². The molecule has 4 aromatic heterocycles. The molecule has 1 saturated heterocycles. The van der Waals surface area contributed by atoms with E-state index in [0.717, 1.165) is 61.2 Å². The quantitative estimate of drug-likeness (QED) is 0.409. The molecular weight excluding hydrogens is 420 g/mol. The molecule has 0 bridgehead atoms. The fourth-order valence-electron chi connectivity index (χ4n) is 3.50. The van der Waals surface area contributed by atoms with E-state index in [1.807, 2.05) is 35.0 Å². The lowest BCUT2D eigenvalue weighted by molar-refractivity contribution is 0.115. The summed E-state index contributed by atoms with van der Waals surface area (Å²) in [7, 11) is 0. The predicted octanol–water partition coefficient (Wildman–Crippen LogP) is 3.66. The van der Waals surface area contributed by atoms with Gasteiger partial charge in [-0.1, -0.05) is 22.4 Å². The van der Waals surface area contributed by atoms with E-state index in [9.17, 15) is 0 Å². The third kappa shape index (κ3) is 4.67. The topological polar surface area (TPSA) is 84.3 Å². The molecular formula is C20H22N6O2S2. The Morgan fingerprint density at radius 2 is 1.40 bits per heavy atom. The average molecular weight is 443 g/mol. The summed E-state index contributed by atoms with van der Waals surface area (Å²) in [5.41, 5.74) is 0. The van der Waals surface area contributed by atoms with Crippen LogP contribution in [0.2, 0.25) is 0 Å². The highest BCUT2D eigenvalue weighted by Crippen LogP contribution is 2.22. The van der Waals surface area contributed by atoms with E-state index in [1.165, 1.54) is 0 Å². The minimum atomic E-state index is 0.682. The largest absolute Gasteiger partial charge is 0.339 e. The average Bonchev–Trinajstić information content (AvgIpc) is 3.56. The number of nitrogens with zero attached hydrogens (tertiary/aromatic N) is 6. The Morgan fingerprint density at radius 1 is 0.800 bits per heavy atom. The first-order valence-electron chi connectivity index (χ1n) is 10.0. The third-order valence-electron chi connectivity index (χ3n) is 5.11. The van der Waals surface area contributed by atoms with E-state index >= 15 is 0 Å². The van der Waals surface area contributed by atoms with Gasteiger partial charge in [0.15, 0.2) is 0 Å². The van der Waals surface area contributed by atoms with Crippen LogP contribution in [0.25, 0.3) is 21.4 Å². The maximum atomic E-state index is 5.43. The smallest absolute Gasteiger partial charge is 0.241 e. The van der Waals surface area contributed by atoms with E-state index in [-0.39, 0.29) is 0 Å². The fraction of sp³-hybridized carbons (Fsp3) is 0.400. The van der Waals surface area contributed by atoms with Gasteiger partial charge < -0.3 is 13.9 Å². The zero-order valence-corrected chi connectivity index (χ0v) is 18.1. The molecule has 1 aliphatic rings. The van der Waals surface area contributed by atoms with Gasteiger partial charge in [0.2, 0.25) is 23.4 Å². The van der Waals surface area contributed by atoms with Gasteiger partial charge in [0.05, 0.1) is 16.3 Å². The Balaban J connectivity index is 1.04. The van der Waals surface area contributed by atoms with Crippen molar-refractivity contribution < 1.29 is 9.05 Å². The number of hydrogen-bond acceptors (Lipinski definition) is 10. The Hall–Kier alpha value is -2.40. The normalized spacial score (nSPS) is 15.7. The van der Waals surface area contributed by atoms with Crippen LogP contribution in [-0.4, -0.2) is 62.8 Å². The van der Waals surface area contributed by atoms with Crippen LogP contribution >= 0.6 is 22.7 Å². The van der Waals surface area contributed by atoms with Crippen LogP contribution < -0.4 is 0 Å². The molecule has 0 amide bonds. The second-order valence-corrected chi connectivity index (χ2v) is 9.09. The van der Waals surface area contributed by atoms with Crippen LogP contribution in [0.15, 0.2) is 44.1 Å². The molecule has 10 heteroatoms. The number of rotatable bonds is 8. The highest BCUT2D eigenvalue weighted by molar-refractivity contribution is 7.13. The van der Waals surface area contributed by atoms with Gasteiger partial charge in [-0.25, -0.2) is 0 Å². The highest BCUT2D eigenvalue weighted by Gasteiger charge is 2.20. The lowest BCUT2D eigenvalue weighted by Gasteiger charge is -2.33. The van der Waals surface area contributed by atoms with E-state index in [0.29, 0.717) is 24.1 Å². The van der Waals surface area contributed by atoms with Gasteiger partial charge in [-0.15, -0.1) is 22.7 Å². The summed E-state index contributed by atoms with van der Waals surface area (Å²) in [6.45, 7) is 5.82. The fourth-order valence-corrected chi connectivity index (χ4v) is 4.80. The lowest BCUT2D eigenvalue weighted by atomic mass is 10.2. The molecule has 0 spiro atoms. The summed E-state index contributed by atoms with van der Waals surface area (Å²) in [6.07, 6.45) is 1.83. The van der Waals surface area contributed by atoms with Gasteiger partial charge in [0.1, 0.15) is 0 Å². The van der Waals surface area contributed by atoms with E-state index in [4.69, 9.17) is 9.05 Å². The van der Waals surface area contributed by atoms with Crippen molar-refractivity contribution in [3.63, 3.8) is 0 Å². The van der Waals surface area contributed by atoms with Crippen molar-refractivity contribution in [2.24, 2.45) is 0 Å². The summed E-state index contributed by atoms with van der Waals surface area (Å²) in [5, 5.41) is 12.2. The molecule has 0 atom stereocenters. The van der Waals surface area contributed by atoms with Crippen molar-refractivity contribution in [2.75, 3.05) is 32.7 Å². The van der Waals surface area contributed by atoms with Gasteiger partial charge in [0, 0.05) is 32.6 Å². The third-order valence-corrected chi connectivity index (χ3v) is 6.84. The second-order valence-electron chi connectivity index (χ2n) is 7.20. The number of thiophene rings is 2. The molecule has 0 radical (unpaired) electrons. The molecule has 0 unspecified atom stereocenters. The van der Waals surface area contributed by atoms with Crippen LogP contribution in [-0.2, 0) is 13.0 Å².